The predicted octanol–water partition coefficient (Wildman–Crippen LogP) is -0.264. The minimum Gasteiger partial charge on any atom is -0.481 e. The van der Waals surface area contributed by atoms with Crippen molar-refractivity contribution in [3.63, 3.8) is 0 Å². The van der Waals surface area contributed by atoms with Gasteiger partial charge >= 0.3 is 5.97 Å². The van der Waals surface area contributed by atoms with Crippen LogP contribution in [0.25, 0.3) is 0 Å². The molecule has 0 saturated heterocycles. The van der Waals surface area contributed by atoms with E-state index in [9.17, 15) is 13.8 Å². The molecule has 0 aliphatic rings. The van der Waals surface area contributed by atoms with Crippen molar-refractivity contribution in [3.05, 3.63) is 0 Å². The lowest BCUT2D eigenvalue weighted by Gasteiger charge is -2.01. The van der Waals surface area contributed by atoms with E-state index in [-0.39, 0.29) is 30.3 Å². The SMILES string of the molecule is CCNC(=O)CCS(=O)CCC(=O)O. The standard InChI is InChI=1S/C8H15NO4S/c1-2-9-7(10)3-5-14(13)6-4-8(11)12/h2-6H2,1H3,(H,9,10)(H,11,12). The highest BCUT2D eigenvalue weighted by molar-refractivity contribution is 7.85. The number of nitrogens with one attached hydrogen (secondary N) is 1. The molecular formula is C8H15NO4S. The Morgan fingerprint density at radius 1 is 1.29 bits per heavy atom. The average molecular weight is 221 g/mol. The first-order valence-corrected chi connectivity index (χ1v) is 5.88. The molecule has 1 amide bonds. The molecule has 0 rings (SSSR count). The van der Waals surface area contributed by atoms with Crippen LogP contribution in [0.5, 0.6) is 0 Å². The van der Waals surface area contributed by atoms with Gasteiger partial charge in [0.1, 0.15) is 0 Å². The molecule has 0 heterocycles. The highest BCUT2D eigenvalue weighted by Gasteiger charge is 2.06. The first-order chi connectivity index (χ1) is 6.56. The predicted molar refractivity (Wildman–Crippen MR) is 53.4 cm³/mol. The summed E-state index contributed by atoms with van der Waals surface area (Å²) in [5, 5.41) is 10.9. The molecule has 0 saturated carbocycles. The second-order valence-corrected chi connectivity index (χ2v) is 4.39. The van der Waals surface area contributed by atoms with Gasteiger partial charge in [0, 0.05) is 35.3 Å². The Kier molecular flexibility index (Phi) is 7.00. The van der Waals surface area contributed by atoms with E-state index in [1.54, 1.807) is 6.92 Å². The molecule has 0 radical (unpaired) electrons. The summed E-state index contributed by atoms with van der Waals surface area (Å²) < 4.78 is 11.1. The van der Waals surface area contributed by atoms with Crippen LogP contribution in [0.4, 0.5) is 0 Å². The lowest BCUT2D eigenvalue weighted by molar-refractivity contribution is -0.136. The summed E-state index contributed by atoms with van der Waals surface area (Å²) in [5.41, 5.74) is 0. The van der Waals surface area contributed by atoms with Crippen LogP contribution in [-0.2, 0) is 20.4 Å². The van der Waals surface area contributed by atoms with Crippen molar-refractivity contribution in [1.29, 1.82) is 0 Å². The molecule has 2 N–H and O–H groups in total. The van der Waals surface area contributed by atoms with Crippen LogP contribution in [0.3, 0.4) is 0 Å². The molecule has 0 spiro atoms. The van der Waals surface area contributed by atoms with Gasteiger partial charge in [0.15, 0.2) is 0 Å². The second kappa shape index (κ2) is 7.49. The van der Waals surface area contributed by atoms with Crippen LogP contribution < -0.4 is 5.32 Å². The number of hydrogen-bond donors (Lipinski definition) is 2. The van der Waals surface area contributed by atoms with Crippen LogP contribution in [0.15, 0.2) is 0 Å². The molecule has 0 aliphatic carbocycles. The van der Waals surface area contributed by atoms with Crippen molar-refractivity contribution in [2.24, 2.45) is 0 Å². The Balaban J connectivity index is 3.53. The first kappa shape index (κ1) is 13.1. The van der Waals surface area contributed by atoms with E-state index in [1.807, 2.05) is 0 Å². The van der Waals surface area contributed by atoms with Gasteiger partial charge in [0.2, 0.25) is 5.91 Å². The molecule has 0 aromatic heterocycles. The van der Waals surface area contributed by atoms with E-state index < -0.39 is 16.8 Å². The lowest BCUT2D eigenvalue weighted by Crippen LogP contribution is -2.24. The molecule has 1 atom stereocenters. The van der Waals surface area contributed by atoms with Gasteiger partial charge in [-0.2, -0.15) is 0 Å². The van der Waals surface area contributed by atoms with Crippen molar-refractivity contribution in [1.82, 2.24) is 5.32 Å². The molecule has 82 valence electrons. The molecule has 6 heteroatoms. The summed E-state index contributed by atoms with van der Waals surface area (Å²) in [5.74, 6) is -0.749. The zero-order chi connectivity index (χ0) is 11.0. The number of carboxylic acid groups (broad SMARTS) is 1. The average Bonchev–Trinajstić information content (AvgIpc) is 2.12. The molecule has 0 aromatic rings. The smallest absolute Gasteiger partial charge is 0.304 e. The Bertz CT molecular complexity index is 229. The Morgan fingerprint density at radius 2 is 1.86 bits per heavy atom. The Labute approximate surface area is 85.3 Å². The zero-order valence-corrected chi connectivity index (χ0v) is 8.93. The van der Waals surface area contributed by atoms with E-state index in [4.69, 9.17) is 5.11 Å². The van der Waals surface area contributed by atoms with Gasteiger partial charge < -0.3 is 10.4 Å². The van der Waals surface area contributed by atoms with Gasteiger partial charge in [-0.15, -0.1) is 0 Å². The third-order valence-electron chi connectivity index (χ3n) is 1.47. The molecule has 0 bridgehead atoms. The third kappa shape index (κ3) is 7.72. The number of carboxylic acids is 1. The number of amides is 1. The van der Waals surface area contributed by atoms with Crippen molar-refractivity contribution >= 4 is 22.7 Å². The summed E-state index contributed by atoms with van der Waals surface area (Å²) >= 11 is 0. The lowest BCUT2D eigenvalue weighted by atomic mass is 10.4. The van der Waals surface area contributed by atoms with Crippen LogP contribution in [-0.4, -0.2) is 39.2 Å². The molecule has 14 heavy (non-hydrogen) atoms. The number of carbonyl (C=O) groups excluding carboxylic acids is 1. The molecule has 0 fully saturated rings. The fourth-order valence-electron chi connectivity index (χ4n) is 0.795. The highest BCUT2D eigenvalue weighted by Crippen LogP contribution is 1.92. The van der Waals surface area contributed by atoms with E-state index in [0.29, 0.717) is 6.54 Å². The van der Waals surface area contributed by atoms with E-state index in [1.165, 1.54) is 0 Å². The molecule has 0 aliphatic heterocycles. The second-order valence-electron chi connectivity index (χ2n) is 2.70. The normalized spacial score (nSPS) is 12.1. The molecule has 0 aromatic carbocycles. The van der Waals surface area contributed by atoms with Crippen molar-refractivity contribution < 1.29 is 18.9 Å². The summed E-state index contributed by atoms with van der Waals surface area (Å²) in [6.07, 6.45) is 0.0854. The van der Waals surface area contributed by atoms with Crippen molar-refractivity contribution in [2.45, 2.75) is 19.8 Å². The van der Waals surface area contributed by atoms with Gasteiger partial charge in [-0.25, -0.2) is 0 Å². The number of aliphatic carboxylic acids is 1. The Morgan fingerprint density at radius 3 is 2.36 bits per heavy atom. The first-order valence-electron chi connectivity index (χ1n) is 4.39. The number of carbonyl (C=O) groups is 2. The number of rotatable bonds is 7. The van der Waals surface area contributed by atoms with Gasteiger partial charge in [-0.05, 0) is 6.92 Å². The van der Waals surface area contributed by atoms with Crippen LogP contribution in [0.1, 0.15) is 19.8 Å². The van der Waals surface area contributed by atoms with Crippen molar-refractivity contribution in [2.75, 3.05) is 18.1 Å². The fraction of sp³-hybridized carbons (Fsp3) is 0.750. The van der Waals surface area contributed by atoms with Crippen LogP contribution >= 0.6 is 0 Å². The van der Waals surface area contributed by atoms with Crippen LogP contribution in [0.2, 0.25) is 0 Å². The summed E-state index contributed by atoms with van der Waals surface area (Å²) in [4.78, 5) is 21.1. The van der Waals surface area contributed by atoms with Gasteiger partial charge in [-0.1, -0.05) is 0 Å². The fourth-order valence-corrected chi connectivity index (χ4v) is 1.81. The van der Waals surface area contributed by atoms with E-state index >= 15 is 0 Å². The van der Waals surface area contributed by atoms with E-state index in [0.717, 1.165) is 0 Å². The van der Waals surface area contributed by atoms with Gasteiger partial charge in [0.25, 0.3) is 0 Å². The molecule has 5 nitrogen and oxygen atoms in total. The van der Waals surface area contributed by atoms with Crippen LogP contribution in [0, 0.1) is 0 Å². The van der Waals surface area contributed by atoms with Gasteiger partial charge in [-0.3, -0.25) is 13.8 Å². The summed E-state index contributed by atoms with van der Waals surface area (Å²) in [6.45, 7) is 2.36. The minimum atomic E-state index is -1.21. The maximum Gasteiger partial charge on any atom is 0.304 e. The minimum absolute atomic E-state index is 0.109. The quantitative estimate of drug-likeness (QED) is 0.620. The highest BCUT2D eigenvalue weighted by atomic mass is 32.2. The Hall–Kier alpha value is -0.910. The van der Waals surface area contributed by atoms with Gasteiger partial charge in [0.05, 0.1) is 6.42 Å². The maximum absolute atomic E-state index is 11.1. The zero-order valence-electron chi connectivity index (χ0n) is 8.12. The molecule has 1 unspecified atom stereocenters. The van der Waals surface area contributed by atoms with Crippen molar-refractivity contribution in [3.8, 4) is 0 Å². The molecular weight excluding hydrogens is 206 g/mol. The topological polar surface area (TPSA) is 83.5 Å². The third-order valence-corrected chi connectivity index (χ3v) is 2.79. The monoisotopic (exact) mass is 221 g/mol. The van der Waals surface area contributed by atoms with E-state index in [2.05, 4.69) is 5.32 Å². The summed E-state index contributed by atoms with van der Waals surface area (Å²) in [6, 6.07) is 0. The number of hydrogen-bond acceptors (Lipinski definition) is 3. The summed E-state index contributed by atoms with van der Waals surface area (Å²) in [7, 11) is -1.21. The maximum atomic E-state index is 11.1. The largest absolute Gasteiger partial charge is 0.481 e.